The first-order valence-corrected chi connectivity index (χ1v) is 6.19. The molecular formula is C10H10Cl2N2O3S. The first kappa shape index (κ1) is 14.9. The van der Waals surface area contributed by atoms with E-state index in [1.54, 1.807) is 6.07 Å². The Bertz CT molecular complexity index is 470. The minimum Gasteiger partial charge on any atom is -0.480 e. The third-order valence-corrected chi connectivity index (χ3v) is 3.07. The van der Waals surface area contributed by atoms with Gasteiger partial charge in [-0.3, -0.25) is 0 Å². The molecule has 2 amide bonds. The van der Waals surface area contributed by atoms with Crippen molar-refractivity contribution >= 4 is 53.5 Å². The summed E-state index contributed by atoms with van der Waals surface area (Å²) in [6.45, 7) is 0. The number of anilines is 1. The molecule has 0 saturated heterocycles. The predicted molar refractivity (Wildman–Crippen MR) is 73.9 cm³/mol. The molecule has 1 atom stereocenters. The minimum absolute atomic E-state index is 0.00979. The van der Waals surface area contributed by atoms with Gasteiger partial charge in [-0.2, -0.15) is 12.6 Å². The fourth-order valence-electron chi connectivity index (χ4n) is 1.08. The van der Waals surface area contributed by atoms with Crippen molar-refractivity contribution in [1.29, 1.82) is 0 Å². The first-order valence-electron chi connectivity index (χ1n) is 4.80. The molecule has 98 valence electrons. The molecule has 0 aliphatic carbocycles. The van der Waals surface area contributed by atoms with E-state index in [0.717, 1.165) is 0 Å². The van der Waals surface area contributed by atoms with Gasteiger partial charge in [0.05, 0.1) is 10.0 Å². The summed E-state index contributed by atoms with van der Waals surface area (Å²) in [5.74, 6) is -1.17. The summed E-state index contributed by atoms with van der Waals surface area (Å²) in [5.41, 5.74) is 0.408. The zero-order valence-corrected chi connectivity index (χ0v) is 11.4. The lowest BCUT2D eigenvalue weighted by Gasteiger charge is -2.13. The number of carbonyl (C=O) groups is 2. The van der Waals surface area contributed by atoms with Crippen LogP contribution >= 0.6 is 35.8 Å². The quantitative estimate of drug-likeness (QED) is 0.645. The lowest BCUT2D eigenvalue weighted by Crippen LogP contribution is -2.44. The Morgan fingerprint density at radius 1 is 1.33 bits per heavy atom. The number of rotatable bonds is 4. The smallest absolute Gasteiger partial charge is 0.327 e. The minimum atomic E-state index is -1.16. The topological polar surface area (TPSA) is 78.4 Å². The highest BCUT2D eigenvalue weighted by atomic mass is 35.5. The highest BCUT2D eigenvalue weighted by Gasteiger charge is 2.17. The zero-order valence-electron chi connectivity index (χ0n) is 8.98. The molecule has 5 nitrogen and oxygen atoms in total. The molecule has 3 N–H and O–H groups in total. The molecule has 0 fully saturated rings. The van der Waals surface area contributed by atoms with Crippen molar-refractivity contribution in [3.63, 3.8) is 0 Å². The summed E-state index contributed by atoms with van der Waals surface area (Å²) in [7, 11) is 0. The lowest BCUT2D eigenvalue weighted by molar-refractivity contribution is -0.138. The van der Waals surface area contributed by atoms with E-state index in [0.29, 0.717) is 15.7 Å². The number of halogens is 2. The normalized spacial score (nSPS) is 11.7. The Labute approximate surface area is 119 Å². The van der Waals surface area contributed by atoms with Gasteiger partial charge in [-0.25, -0.2) is 9.59 Å². The van der Waals surface area contributed by atoms with Crippen LogP contribution in [0.25, 0.3) is 0 Å². The van der Waals surface area contributed by atoms with Crippen LogP contribution in [0.2, 0.25) is 10.0 Å². The Morgan fingerprint density at radius 2 is 2.00 bits per heavy atom. The summed E-state index contributed by atoms with van der Waals surface area (Å²) >= 11 is 15.3. The molecule has 1 unspecified atom stereocenters. The standard InChI is InChI=1S/C10H10Cl2N2O3S/c11-6-2-1-5(3-7(6)12)13-10(17)14-8(4-18)9(15)16/h1-3,8,18H,4H2,(H,15,16)(H2,13,14,17). The van der Waals surface area contributed by atoms with Crippen LogP contribution in [0.15, 0.2) is 18.2 Å². The van der Waals surface area contributed by atoms with Gasteiger partial charge in [0.1, 0.15) is 6.04 Å². The second-order valence-corrected chi connectivity index (χ2v) is 4.48. The van der Waals surface area contributed by atoms with E-state index in [1.807, 2.05) is 0 Å². The van der Waals surface area contributed by atoms with E-state index >= 15 is 0 Å². The summed E-state index contributed by atoms with van der Waals surface area (Å²) < 4.78 is 0. The predicted octanol–water partition coefficient (Wildman–Crippen LogP) is 2.50. The van der Waals surface area contributed by atoms with Gasteiger partial charge in [0, 0.05) is 11.4 Å². The van der Waals surface area contributed by atoms with Gasteiger partial charge >= 0.3 is 12.0 Å². The van der Waals surface area contributed by atoms with E-state index in [9.17, 15) is 9.59 Å². The molecule has 0 bridgehead atoms. The van der Waals surface area contributed by atoms with Crippen LogP contribution < -0.4 is 10.6 Å². The number of nitrogens with one attached hydrogen (secondary N) is 2. The maximum absolute atomic E-state index is 11.5. The van der Waals surface area contributed by atoms with Gasteiger partial charge in [0.15, 0.2) is 0 Å². The SMILES string of the molecule is O=C(Nc1ccc(Cl)c(Cl)c1)NC(CS)C(=O)O. The summed E-state index contributed by atoms with van der Waals surface area (Å²) in [5, 5.41) is 14.1. The Hall–Kier alpha value is -1.11. The van der Waals surface area contributed by atoms with Gasteiger partial charge in [-0.1, -0.05) is 23.2 Å². The van der Waals surface area contributed by atoms with Crippen molar-refractivity contribution in [2.24, 2.45) is 0 Å². The molecule has 0 aliphatic rings. The van der Waals surface area contributed by atoms with E-state index in [4.69, 9.17) is 28.3 Å². The second-order valence-electron chi connectivity index (χ2n) is 3.30. The summed E-state index contributed by atoms with van der Waals surface area (Å²) in [4.78, 5) is 22.2. The van der Waals surface area contributed by atoms with Gasteiger partial charge < -0.3 is 15.7 Å². The van der Waals surface area contributed by atoms with Gasteiger partial charge in [-0.15, -0.1) is 0 Å². The molecule has 0 saturated carbocycles. The molecule has 8 heteroatoms. The van der Waals surface area contributed by atoms with E-state index in [2.05, 4.69) is 23.3 Å². The summed E-state index contributed by atoms with van der Waals surface area (Å²) in [6.07, 6.45) is 0. The van der Waals surface area contributed by atoms with Crippen molar-refractivity contribution in [2.75, 3.05) is 11.1 Å². The number of hydrogen-bond donors (Lipinski definition) is 4. The largest absolute Gasteiger partial charge is 0.480 e. The molecule has 1 rings (SSSR count). The molecule has 18 heavy (non-hydrogen) atoms. The number of thiol groups is 1. The van der Waals surface area contributed by atoms with Crippen molar-refractivity contribution < 1.29 is 14.7 Å². The first-order chi connectivity index (χ1) is 8.43. The number of carboxylic acids is 1. The molecule has 0 aliphatic heterocycles. The van der Waals surface area contributed by atoms with Crippen LogP contribution in [0.1, 0.15) is 0 Å². The highest BCUT2D eigenvalue weighted by molar-refractivity contribution is 7.80. The van der Waals surface area contributed by atoms with Crippen LogP contribution in [-0.4, -0.2) is 28.9 Å². The van der Waals surface area contributed by atoms with Crippen LogP contribution in [0.5, 0.6) is 0 Å². The van der Waals surface area contributed by atoms with Crippen LogP contribution in [0.3, 0.4) is 0 Å². The molecular weight excluding hydrogens is 299 g/mol. The maximum Gasteiger partial charge on any atom is 0.327 e. The van der Waals surface area contributed by atoms with E-state index < -0.39 is 18.0 Å². The molecule has 0 aromatic heterocycles. The number of carboxylic acid groups (broad SMARTS) is 1. The van der Waals surface area contributed by atoms with E-state index in [1.165, 1.54) is 12.1 Å². The van der Waals surface area contributed by atoms with Crippen molar-refractivity contribution in [3.8, 4) is 0 Å². The van der Waals surface area contributed by atoms with Gasteiger partial charge in [0.25, 0.3) is 0 Å². The number of benzene rings is 1. The molecule has 0 heterocycles. The third kappa shape index (κ3) is 4.29. The average Bonchev–Trinajstić information content (AvgIpc) is 2.30. The fourth-order valence-corrected chi connectivity index (χ4v) is 1.63. The van der Waals surface area contributed by atoms with Crippen molar-refractivity contribution in [2.45, 2.75) is 6.04 Å². The average molecular weight is 309 g/mol. The van der Waals surface area contributed by atoms with Crippen LogP contribution in [0, 0.1) is 0 Å². The molecule has 1 aromatic carbocycles. The molecule has 1 aromatic rings. The Balaban J connectivity index is 2.64. The number of urea groups is 1. The monoisotopic (exact) mass is 308 g/mol. The zero-order chi connectivity index (χ0) is 13.7. The van der Waals surface area contributed by atoms with Crippen LogP contribution in [-0.2, 0) is 4.79 Å². The number of carbonyl (C=O) groups excluding carboxylic acids is 1. The number of hydrogen-bond acceptors (Lipinski definition) is 3. The lowest BCUT2D eigenvalue weighted by atomic mass is 10.3. The third-order valence-electron chi connectivity index (χ3n) is 1.96. The number of amides is 2. The second kappa shape index (κ2) is 6.72. The summed E-state index contributed by atoms with van der Waals surface area (Å²) in [6, 6.07) is 2.81. The van der Waals surface area contributed by atoms with Gasteiger partial charge in [0.2, 0.25) is 0 Å². The number of aliphatic carboxylic acids is 1. The fraction of sp³-hybridized carbons (Fsp3) is 0.200. The van der Waals surface area contributed by atoms with E-state index in [-0.39, 0.29) is 5.75 Å². The Morgan fingerprint density at radius 3 is 2.50 bits per heavy atom. The maximum atomic E-state index is 11.5. The van der Waals surface area contributed by atoms with Crippen molar-refractivity contribution in [1.82, 2.24) is 5.32 Å². The molecule has 0 radical (unpaired) electrons. The Kier molecular flexibility index (Phi) is 5.58. The van der Waals surface area contributed by atoms with Gasteiger partial charge in [-0.05, 0) is 18.2 Å². The van der Waals surface area contributed by atoms with Crippen LogP contribution in [0.4, 0.5) is 10.5 Å². The highest BCUT2D eigenvalue weighted by Crippen LogP contribution is 2.24. The molecule has 0 spiro atoms. The van der Waals surface area contributed by atoms with Crippen molar-refractivity contribution in [3.05, 3.63) is 28.2 Å².